The van der Waals surface area contributed by atoms with Gasteiger partial charge < -0.3 is 4.65 Å². The molecule has 0 unspecified atom stereocenters. The molecule has 3 heteroatoms. The summed E-state index contributed by atoms with van der Waals surface area (Å²) in [6.07, 6.45) is 0. The molecule has 2 radical (unpaired) electrons. The quantitative estimate of drug-likeness (QED) is 0.363. The van der Waals surface area contributed by atoms with Gasteiger partial charge in [-0.2, -0.15) is 0 Å². The molecular weight excluding hydrogens is 66.8 g/mol. The van der Waals surface area contributed by atoms with Crippen LogP contribution in [-0.2, 0) is 9.45 Å². The third-order valence-corrected chi connectivity index (χ3v) is 0.166. The molecule has 2 nitrogen and oxygen atoms in total. The summed E-state index contributed by atoms with van der Waals surface area (Å²) in [5.41, 5.74) is 0. The Morgan fingerprint density at radius 2 is 2.20 bits per heavy atom. The van der Waals surface area contributed by atoms with E-state index in [1.807, 2.05) is 0 Å². The predicted molar refractivity (Wildman–Crippen MR) is 17.5 cm³/mol. The summed E-state index contributed by atoms with van der Waals surface area (Å²) < 4.78 is 3.61. The Bertz CT molecular complexity index is 42.9. The number of hydrogen-bond donors (Lipinski definition) is 0. The van der Waals surface area contributed by atoms with E-state index in [4.69, 9.17) is 0 Å². The van der Waals surface area contributed by atoms with E-state index in [9.17, 15) is 4.79 Å². The molecular formula is C2H3BO2. The summed E-state index contributed by atoms with van der Waals surface area (Å²) in [6, 6.07) is 0. The van der Waals surface area contributed by atoms with Gasteiger partial charge in [-0.3, -0.25) is 4.79 Å². The Kier molecular flexibility index (Phi) is 1.65. The zero-order valence-electron chi connectivity index (χ0n) is 2.89. The van der Waals surface area contributed by atoms with E-state index in [0.717, 1.165) is 0 Å². The lowest BCUT2D eigenvalue weighted by molar-refractivity contribution is -0.131. The van der Waals surface area contributed by atoms with Gasteiger partial charge >= 0.3 is 8.05 Å². The normalized spacial score (nSPS) is 6.60. The first-order valence-corrected chi connectivity index (χ1v) is 1.14. The van der Waals surface area contributed by atoms with Crippen molar-refractivity contribution < 1.29 is 9.45 Å². The zero-order valence-corrected chi connectivity index (χ0v) is 2.89. The smallest absolute Gasteiger partial charge is 0.378 e. The monoisotopic (exact) mass is 70.0 g/mol. The minimum absolute atomic E-state index is 0.468. The Labute approximate surface area is 31.6 Å². The average molecular weight is 69.9 g/mol. The number of carbonyl (C=O) groups is 1. The fourth-order valence-corrected chi connectivity index (χ4v) is 0. The first kappa shape index (κ1) is 4.53. The second-order valence-electron chi connectivity index (χ2n) is 0.609. The van der Waals surface area contributed by atoms with Crippen LogP contribution in [-0.4, -0.2) is 14.0 Å². The van der Waals surface area contributed by atoms with Crippen LogP contribution >= 0.6 is 0 Å². The average Bonchev–Trinajstić information content (AvgIpc) is 1.38. The van der Waals surface area contributed by atoms with Crippen molar-refractivity contribution in [2.75, 3.05) is 0 Å². The lowest BCUT2D eigenvalue weighted by atomic mass is 10.6. The fraction of sp³-hybridized carbons (Fsp3) is 0.500. The molecule has 0 bridgehead atoms. The highest BCUT2D eigenvalue weighted by Crippen LogP contribution is 1.58. The van der Waals surface area contributed by atoms with Crippen LogP contribution in [0.25, 0.3) is 0 Å². The van der Waals surface area contributed by atoms with Gasteiger partial charge in [-0.05, 0) is 0 Å². The second kappa shape index (κ2) is 1.82. The van der Waals surface area contributed by atoms with E-state index < -0.39 is 5.97 Å². The van der Waals surface area contributed by atoms with E-state index >= 15 is 0 Å². The van der Waals surface area contributed by atoms with Gasteiger partial charge in [0, 0.05) is 6.92 Å². The summed E-state index contributed by atoms with van der Waals surface area (Å²) in [5, 5.41) is 0. The zero-order chi connectivity index (χ0) is 4.28. The van der Waals surface area contributed by atoms with Crippen LogP contribution in [0.5, 0.6) is 0 Å². The highest BCUT2D eigenvalue weighted by Gasteiger charge is 1.75. The fourth-order valence-electron chi connectivity index (χ4n) is 0. The highest BCUT2D eigenvalue weighted by atomic mass is 16.5. The maximum Gasteiger partial charge on any atom is 0.378 e. The Hall–Kier alpha value is -0.465. The van der Waals surface area contributed by atoms with Gasteiger partial charge in [-0.1, -0.05) is 0 Å². The van der Waals surface area contributed by atoms with Crippen molar-refractivity contribution in [3.8, 4) is 0 Å². The molecule has 0 heterocycles. The van der Waals surface area contributed by atoms with Crippen molar-refractivity contribution in [1.82, 2.24) is 0 Å². The van der Waals surface area contributed by atoms with Crippen LogP contribution in [0.2, 0.25) is 0 Å². The molecule has 0 N–H and O–H groups in total. The lowest BCUT2D eigenvalue weighted by Crippen LogP contribution is -1.90. The van der Waals surface area contributed by atoms with Crippen LogP contribution < -0.4 is 0 Å². The Balaban J connectivity index is 2.85. The van der Waals surface area contributed by atoms with Crippen LogP contribution in [0.3, 0.4) is 0 Å². The van der Waals surface area contributed by atoms with Crippen LogP contribution in [0.15, 0.2) is 0 Å². The van der Waals surface area contributed by atoms with E-state index in [0.29, 0.717) is 0 Å². The van der Waals surface area contributed by atoms with Crippen molar-refractivity contribution in [3.05, 3.63) is 0 Å². The van der Waals surface area contributed by atoms with Gasteiger partial charge in [0.15, 0.2) is 0 Å². The van der Waals surface area contributed by atoms with Crippen molar-refractivity contribution in [3.63, 3.8) is 0 Å². The summed E-state index contributed by atoms with van der Waals surface area (Å²) >= 11 is 0. The summed E-state index contributed by atoms with van der Waals surface area (Å²) in [7, 11) is 4.32. The Morgan fingerprint density at radius 1 is 2.00 bits per heavy atom. The van der Waals surface area contributed by atoms with Gasteiger partial charge in [0.1, 0.15) is 0 Å². The molecule has 0 aromatic rings. The maximum atomic E-state index is 9.47. The third-order valence-electron chi connectivity index (χ3n) is 0.166. The molecule has 26 valence electrons. The molecule has 0 aromatic heterocycles. The molecule has 0 amide bonds. The topological polar surface area (TPSA) is 26.3 Å². The molecule has 0 fully saturated rings. The van der Waals surface area contributed by atoms with E-state index in [1.165, 1.54) is 6.92 Å². The molecule has 0 atom stereocenters. The molecule has 5 heavy (non-hydrogen) atoms. The molecule has 0 spiro atoms. The highest BCUT2D eigenvalue weighted by molar-refractivity contribution is 6.04. The van der Waals surface area contributed by atoms with Gasteiger partial charge in [0.05, 0.1) is 0 Å². The first-order chi connectivity index (χ1) is 2.27. The summed E-state index contributed by atoms with van der Waals surface area (Å²) in [4.78, 5) is 9.47. The number of hydrogen-bond acceptors (Lipinski definition) is 2. The van der Waals surface area contributed by atoms with Crippen LogP contribution in [0.4, 0.5) is 0 Å². The third kappa shape index (κ3) is 3.53. The van der Waals surface area contributed by atoms with Crippen molar-refractivity contribution in [2.45, 2.75) is 6.92 Å². The summed E-state index contributed by atoms with van der Waals surface area (Å²) in [6.45, 7) is 1.24. The molecule has 0 aliphatic carbocycles. The summed E-state index contributed by atoms with van der Waals surface area (Å²) in [5.74, 6) is -0.468. The molecule has 0 rings (SSSR count). The van der Waals surface area contributed by atoms with E-state index in [1.54, 1.807) is 0 Å². The molecule has 0 aromatic carbocycles. The first-order valence-electron chi connectivity index (χ1n) is 1.14. The number of carbonyl (C=O) groups excluding carboxylic acids is 1. The molecule has 0 aliphatic rings. The van der Waals surface area contributed by atoms with E-state index in [-0.39, 0.29) is 0 Å². The van der Waals surface area contributed by atoms with Gasteiger partial charge in [0.2, 0.25) is 0 Å². The molecule has 0 saturated heterocycles. The minimum atomic E-state index is -0.468. The SMILES string of the molecule is [B]OC(C)=O. The van der Waals surface area contributed by atoms with Crippen molar-refractivity contribution >= 4 is 14.0 Å². The van der Waals surface area contributed by atoms with E-state index in [2.05, 4.69) is 12.7 Å². The standard InChI is InChI=1S/C2H3BO2/c1-2(4)5-3/h1H3. The molecule has 0 aliphatic heterocycles. The Morgan fingerprint density at radius 3 is 2.20 bits per heavy atom. The van der Waals surface area contributed by atoms with Crippen LogP contribution in [0.1, 0.15) is 6.92 Å². The van der Waals surface area contributed by atoms with Crippen LogP contribution in [0, 0.1) is 0 Å². The molecule has 0 saturated carbocycles. The van der Waals surface area contributed by atoms with Gasteiger partial charge in [0.25, 0.3) is 5.97 Å². The number of rotatable bonds is 0. The minimum Gasteiger partial charge on any atom is -0.544 e. The lowest BCUT2D eigenvalue weighted by Gasteiger charge is -1.81. The van der Waals surface area contributed by atoms with Gasteiger partial charge in [-0.25, -0.2) is 0 Å². The predicted octanol–water partition coefficient (Wildman–Crippen LogP) is -0.367. The van der Waals surface area contributed by atoms with Gasteiger partial charge in [-0.15, -0.1) is 0 Å². The maximum absolute atomic E-state index is 9.47. The largest absolute Gasteiger partial charge is 0.544 e. The van der Waals surface area contributed by atoms with Crippen molar-refractivity contribution in [2.24, 2.45) is 0 Å². The second-order valence-corrected chi connectivity index (χ2v) is 0.609. The van der Waals surface area contributed by atoms with Crippen molar-refractivity contribution in [1.29, 1.82) is 0 Å².